The quantitative estimate of drug-likeness (QED) is 0.726. The van der Waals surface area contributed by atoms with Gasteiger partial charge in [-0.05, 0) is 62.0 Å². The number of aryl methyl sites for hydroxylation is 1. The average Bonchev–Trinajstić information content (AvgIpc) is 2.24. The molecule has 0 radical (unpaired) electrons. The Hall–Kier alpha value is -0.890. The van der Waals surface area contributed by atoms with E-state index in [0.717, 1.165) is 25.1 Å². The van der Waals surface area contributed by atoms with Crippen molar-refractivity contribution in [2.24, 2.45) is 0 Å². The molecule has 16 heavy (non-hydrogen) atoms. The third kappa shape index (κ3) is 3.93. The van der Waals surface area contributed by atoms with Crippen LogP contribution in [0.4, 0.5) is 4.39 Å². The fourth-order valence-corrected chi connectivity index (χ4v) is 1.97. The maximum atomic E-state index is 13.0. The summed E-state index contributed by atoms with van der Waals surface area (Å²) in [6.45, 7) is 8.46. The van der Waals surface area contributed by atoms with Crippen LogP contribution >= 0.6 is 0 Å². The van der Waals surface area contributed by atoms with E-state index in [1.165, 1.54) is 12.0 Å². The molecule has 1 nitrogen and oxygen atoms in total. The van der Waals surface area contributed by atoms with Crippen LogP contribution in [0.1, 0.15) is 43.7 Å². The van der Waals surface area contributed by atoms with Crippen LogP contribution in [0, 0.1) is 12.7 Å². The predicted octanol–water partition coefficient (Wildman–Crippen LogP) is 3.63. The molecule has 1 aromatic rings. The molecule has 0 aliphatic carbocycles. The van der Waals surface area contributed by atoms with Gasteiger partial charge in [-0.2, -0.15) is 0 Å². The van der Waals surface area contributed by atoms with Gasteiger partial charge in [0.15, 0.2) is 0 Å². The maximum Gasteiger partial charge on any atom is 0.123 e. The molecule has 0 aliphatic rings. The fraction of sp³-hybridized carbons (Fsp3) is 0.571. The van der Waals surface area contributed by atoms with Crippen molar-refractivity contribution in [3.05, 3.63) is 35.1 Å². The summed E-state index contributed by atoms with van der Waals surface area (Å²) in [5.41, 5.74) is 2.32. The number of halogens is 1. The van der Waals surface area contributed by atoms with Crippen LogP contribution in [0.5, 0.6) is 0 Å². The Labute approximate surface area is 98.1 Å². The van der Waals surface area contributed by atoms with Gasteiger partial charge in [-0.3, -0.25) is 0 Å². The molecule has 0 aliphatic heterocycles. The Kier molecular flexibility index (Phi) is 5.47. The molecular formula is C14H22FN. The summed E-state index contributed by atoms with van der Waals surface area (Å²) in [4.78, 5) is 0. The Morgan fingerprint density at radius 1 is 1.31 bits per heavy atom. The van der Waals surface area contributed by atoms with E-state index in [9.17, 15) is 4.39 Å². The summed E-state index contributed by atoms with van der Waals surface area (Å²) < 4.78 is 13.0. The topological polar surface area (TPSA) is 12.0 Å². The number of nitrogens with one attached hydrogen (secondary N) is 1. The molecule has 0 fully saturated rings. The normalized spacial score (nSPS) is 12.8. The summed E-state index contributed by atoms with van der Waals surface area (Å²) in [5, 5.41) is 3.39. The first-order chi connectivity index (χ1) is 7.65. The highest BCUT2D eigenvalue weighted by Crippen LogP contribution is 2.22. The van der Waals surface area contributed by atoms with Gasteiger partial charge < -0.3 is 5.32 Å². The lowest BCUT2D eigenvalue weighted by Gasteiger charge is -2.15. The summed E-state index contributed by atoms with van der Waals surface area (Å²) in [6, 6.07) is 5.08. The number of benzene rings is 1. The van der Waals surface area contributed by atoms with E-state index in [4.69, 9.17) is 0 Å². The molecule has 0 bridgehead atoms. The van der Waals surface area contributed by atoms with Gasteiger partial charge in [0.05, 0.1) is 0 Å². The van der Waals surface area contributed by atoms with Gasteiger partial charge in [-0.15, -0.1) is 0 Å². The Balaban J connectivity index is 2.49. The first-order valence-corrected chi connectivity index (χ1v) is 6.12. The van der Waals surface area contributed by atoms with Crippen molar-refractivity contribution in [1.29, 1.82) is 0 Å². The number of rotatable bonds is 6. The maximum absolute atomic E-state index is 13.0. The van der Waals surface area contributed by atoms with E-state index in [2.05, 4.69) is 19.2 Å². The van der Waals surface area contributed by atoms with Crippen molar-refractivity contribution < 1.29 is 4.39 Å². The lowest BCUT2D eigenvalue weighted by atomic mass is 9.94. The molecule has 0 saturated heterocycles. The Bertz CT molecular complexity index is 323. The van der Waals surface area contributed by atoms with Crippen LogP contribution in [-0.2, 0) is 0 Å². The zero-order chi connectivity index (χ0) is 12.0. The molecule has 0 amide bonds. The Morgan fingerprint density at radius 3 is 2.69 bits per heavy atom. The van der Waals surface area contributed by atoms with Crippen LogP contribution < -0.4 is 5.32 Å². The molecule has 0 spiro atoms. The molecule has 0 saturated carbocycles. The molecule has 0 aromatic heterocycles. The Morgan fingerprint density at radius 2 is 2.06 bits per heavy atom. The predicted molar refractivity (Wildman–Crippen MR) is 67.3 cm³/mol. The van der Waals surface area contributed by atoms with Crippen molar-refractivity contribution in [1.82, 2.24) is 5.32 Å². The molecule has 1 atom stereocenters. The standard InChI is InChI=1S/C14H22FN/c1-4-8-16-9-7-11(2)14-6-5-13(15)10-12(14)3/h5-6,10-11,16H,4,7-9H2,1-3H3. The van der Waals surface area contributed by atoms with E-state index in [1.807, 2.05) is 13.0 Å². The van der Waals surface area contributed by atoms with Gasteiger partial charge in [0, 0.05) is 0 Å². The van der Waals surface area contributed by atoms with E-state index in [-0.39, 0.29) is 5.82 Å². The molecule has 1 aromatic carbocycles. The second-order valence-corrected chi connectivity index (χ2v) is 4.44. The van der Waals surface area contributed by atoms with Crippen LogP contribution in [0.25, 0.3) is 0 Å². The van der Waals surface area contributed by atoms with Gasteiger partial charge in [0.1, 0.15) is 5.82 Å². The zero-order valence-corrected chi connectivity index (χ0v) is 10.5. The number of hydrogen-bond acceptors (Lipinski definition) is 1. The van der Waals surface area contributed by atoms with Gasteiger partial charge in [-0.25, -0.2) is 4.39 Å². The van der Waals surface area contributed by atoms with Crippen molar-refractivity contribution in [2.75, 3.05) is 13.1 Å². The molecule has 2 heteroatoms. The molecule has 1 N–H and O–H groups in total. The second kappa shape index (κ2) is 6.64. The van der Waals surface area contributed by atoms with E-state index in [0.29, 0.717) is 5.92 Å². The summed E-state index contributed by atoms with van der Waals surface area (Å²) in [5.74, 6) is 0.350. The first-order valence-electron chi connectivity index (χ1n) is 6.12. The molecule has 1 rings (SSSR count). The monoisotopic (exact) mass is 223 g/mol. The highest BCUT2D eigenvalue weighted by atomic mass is 19.1. The third-order valence-electron chi connectivity index (χ3n) is 2.94. The SMILES string of the molecule is CCCNCCC(C)c1ccc(F)cc1C. The van der Waals surface area contributed by atoms with E-state index < -0.39 is 0 Å². The van der Waals surface area contributed by atoms with Crippen LogP contribution in [0.15, 0.2) is 18.2 Å². The van der Waals surface area contributed by atoms with Crippen LogP contribution in [0.3, 0.4) is 0 Å². The lowest BCUT2D eigenvalue weighted by Crippen LogP contribution is -2.17. The highest BCUT2D eigenvalue weighted by Gasteiger charge is 2.08. The van der Waals surface area contributed by atoms with Gasteiger partial charge >= 0.3 is 0 Å². The zero-order valence-electron chi connectivity index (χ0n) is 10.5. The van der Waals surface area contributed by atoms with E-state index >= 15 is 0 Å². The minimum atomic E-state index is -0.141. The lowest BCUT2D eigenvalue weighted by molar-refractivity contribution is 0.585. The van der Waals surface area contributed by atoms with Gasteiger partial charge in [0.25, 0.3) is 0 Å². The highest BCUT2D eigenvalue weighted by molar-refractivity contribution is 5.29. The molecule has 1 unspecified atom stereocenters. The van der Waals surface area contributed by atoms with Crippen molar-refractivity contribution >= 4 is 0 Å². The van der Waals surface area contributed by atoms with Gasteiger partial charge in [-0.1, -0.05) is 19.9 Å². The minimum Gasteiger partial charge on any atom is -0.317 e. The van der Waals surface area contributed by atoms with Crippen LogP contribution in [-0.4, -0.2) is 13.1 Å². The molecule has 0 heterocycles. The minimum absolute atomic E-state index is 0.141. The third-order valence-corrected chi connectivity index (χ3v) is 2.94. The summed E-state index contributed by atoms with van der Waals surface area (Å²) in [6.07, 6.45) is 2.27. The first kappa shape index (κ1) is 13.2. The largest absolute Gasteiger partial charge is 0.317 e. The number of hydrogen-bond donors (Lipinski definition) is 1. The van der Waals surface area contributed by atoms with Crippen molar-refractivity contribution in [3.8, 4) is 0 Å². The second-order valence-electron chi connectivity index (χ2n) is 4.44. The van der Waals surface area contributed by atoms with Crippen molar-refractivity contribution in [3.63, 3.8) is 0 Å². The van der Waals surface area contributed by atoms with Gasteiger partial charge in [0.2, 0.25) is 0 Å². The average molecular weight is 223 g/mol. The molecular weight excluding hydrogens is 201 g/mol. The van der Waals surface area contributed by atoms with Crippen LogP contribution in [0.2, 0.25) is 0 Å². The summed E-state index contributed by atoms with van der Waals surface area (Å²) >= 11 is 0. The fourth-order valence-electron chi connectivity index (χ4n) is 1.97. The smallest absolute Gasteiger partial charge is 0.123 e. The molecule has 90 valence electrons. The summed E-state index contributed by atoms with van der Waals surface area (Å²) in [7, 11) is 0. The van der Waals surface area contributed by atoms with E-state index in [1.54, 1.807) is 12.1 Å². The van der Waals surface area contributed by atoms with Crippen molar-refractivity contribution in [2.45, 2.75) is 39.5 Å².